The molecule has 1 atom stereocenters. The molecule has 1 saturated heterocycles. The first kappa shape index (κ1) is 15.2. The van der Waals surface area contributed by atoms with Crippen LogP contribution in [0, 0.1) is 0 Å². The van der Waals surface area contributed by atoms with E-state index >= 15 is 0 Å². The highest BCUT2D eigenvalue weighted by Crippen LogP contribution is 2.23. The largest absolute Gasteiger partial charge is 0.481 e. The Morgan fingerprint density at radius 3 is 3.00 bits per heavy atom. The summed E-state index contributed by atoms with van der Waals surface area (Å²) in [5.74, 6) is 0.534. The van der Waals surface area contributed by atoms with Gasteiger partial charge in [-0.05, 0) is 18.0 Å². The summed E-state index contributed by atoms with van der Waals surface area (Å²) in [6.07, 6.45) is 1.62. The van der Waals surface area contributed by atoms with E-state index in [2.05, 4.69) is 9.59 Å². The van der Waals surface area contributed by atoms with Crippen LogP contribution in [-0.4, -0.2) is 55.6 Å². The second-order valence-corrected chi connectivity index (χ2v) is 6.53. The van der Waals surface area contributed by atoms with Gasteiger partial charge in [-0.2, -0.15) is 11.8 Å². The number of carboxylic acids is 1. The normalized spacial score (nSPS) is 19.1. The molecule has 0 radical (unpaired) electrons. The van der Waals surface area contributed by atoms with E-state index in [1.54, 1.807) is 16.7 Å². The number of rotatable bonds is 5. The van der Waals surface area contributed by atoms with E-state index in [0.29, 0.717) is 17.2 Å². The Bertz CT molecular complexity index is 492. The molecule has 0 aromatic carbocycles. The van der Waals surface area contributed by atoms with Crippen LogP contribution in [0.15, 0.2) is 0 Å². The van der Waals surface area contributed by atoms with Crippen molar-refractivity contribution in [3.05, 3.63) is 10.6 Å². The van der Waals surface area contributed by atoms with E-state index in [1.807, 2.05) is 6.92 Å². The second kappa shape index (κ2) is 7.03. The molecule has 1 fully saturated rings. The molecular formula is C12H17N3O3S2. The molecule has 8 heteroatoms. The number of aromatic nitrogens is 2. The van der Waals surface area contributed by atoms with Gasteiger partial charge in [0.15, 0.2) is 0 Å². The van der Waals surface area contributed by atoms with Crippen molar-refractivity contribution in [1.82, 2.24) is 14.5 Å². The number of carbonyl (C=O) groups is 2. The van der Waals surface area contributed by atoms with Crippen molar-refractivity contribution < 1.29 is 14.7 Å². The molecule has 2 rings (SSSR count). The first-order valence-corrected chi connectivity index (χ1v) is 8.48. The first-order valence-electron chi connectivity index (χ1n) is 6.55. The Morgan fingerprint density at radius 2 is 2.30 bits per heavy atom. The van der Waals surface area contributed by atoms with Gasteiger partial charge in [0.2, 0.25) is 0 Å². The molecule has 0 aliphatic carbocycles. The molecule has 1 unspecified atom stereocenters. The van der Waals surface area contributed by atoms with Gasteiger partial charge in [0.05, 0.1) is 18.2 Å². The van der Waals surface area contributed by atoms with E-state index in [9.17, 15) is 9.59 Å². The van der Waals surface area contributed by atoms with Crippen LogP contribution in [0.25, 0.3) is 0 Å². The maximum atomic E-state index is 12.6. The first-order chi connectivity index (χ1) is 9.63. The molecule has 1 aromatic heterocycles. The van der Waals surface area contributed by atoms with Crippen LogP contribution in [0.1, 0.15) is 35.1 Å². The van der Waals surface area contributed by atoms with E-state index in [0.717, 1.165) is 35.8 Å². The number of hydrogen-bond donors (Lipinski definition) is 1. The third-order valence-electron chi connectivity index (χ3n) is 3.14. The molecule has 1 N–H and O–H groups in total. The van der Waals surface area contributed by atoms with E-state index in [1.165, 1.54) is 0 Å². The minimum absolute atomic E-state index is 0.00587. The third kappa shape index (κ3) is 3.49. The van der Waals surface area contributed by atoms with Crippen molar-refractivity contribution in [3.63, 3.8) is 0 Å². The Hall–Kier alpha value is -1.15. The topological polar surface area (TPSA) is 83.4 Å². The van der Waals surface area contributed by atoms with Crippen LogP contribution in [0.3, 0.4) is 0 Å². The number of aliphatic carboxylic acids is 1. The van der Waals surface area contributed by atoms with Gasteiger partial charge in [-0.1, -0.05) is 17.8 Å². The summed E-state index contributed by atoms with van der Waals surface area (Å²) >= 11 is 2.80. The lowest BCUT2D eigenvalue weighted by Crippen LogP contribution is -2.47. The lowest BCUT2D eigenvalue weighted by atomic mass is 10.1. The zero-order valence-electron chi connectivity index (χ0n) is 11.2. The van der Waals surface area contributed by atoms with Crippen LogP contribution in [-0.2, 0) is 11.2 Å². The SMILES string of the molecule is CCCc1nnsc1C(=O)N1CCSCC1CC(=O)O. The highest BCUT2D eigenvalue weighted by atomic mass is 32.2. The van der Waals surface area contributed by atoms with Crippen LogP contribution in [0.5, 0.6) is 0 Å². The summed E-state index contributed by atoms with van der Waals surface area (Å²) < 4.78 is 3.87. The number of hydrogen-bond acceptors (Lipinski definition) is 6. The van der Waals surface area contributed by atoms with Gasteiger partial charge in [0.1, 0.15) is 4.88 Å². The summed E-state index contributed by atoms with van der Waals surface area (Å²) in [7, 11) is 0. The third-order valence-corrected chi connectivity index (χ3v) is 4.98. The van der Waals surface area contributed by atoms with E-state index in [4.69, 9.17) is 5.11 Å². The predicted molar refractivity (Wildman–Crippen MR) is 78.3 cm³/mol. The maximum Gasteiger partial charge on any atom is 0.305 e. The fraction of sp³-hybridized carbons (Fsp3) is 0.667. The van der Waals surface area contributed by atoms with Gasteiger partial charge in [-0.15, -0.1) is 5.10 Å². The van der Waals surface area contributed by atoms with Crippen molar-refractivity contribution in [2.45, 2.75) is 32.2 Å². The number of thioether (sulfide) groups is 1. The lowest BCUT2D eigenvalue weighted by Gasteiger charge is -2.34. The molecular weight excluding hydrogens is 298 g/mol. The molecule has 1 amide bonds. The minimum Gasteiger partial charge on any atom is -0.481 e. The van der Waals surface area contributed by atoms with Gasteiger partial charge in [-0.3, -0.25) is 9.59 Å². The number of carbonyl (C=O) groups excluding carboxylic acids is 1. The standard InChI is InChI=1S/C12H17N3O3S2/c1-2-3-9-11(20-14-13-9)12(18)15-4-5-19-7-8(15)6-10(16)17/h8H,2-7H2,1H3,(H,16,17). The molecule has 0 spiro atoms. The van der Waals surface area contributed by atoms with E-state index in [-0.39, 0.29) is 18.4 Å². The Balaban J connectivity index is 2.16. The predicted octanol–water partition coefficient (Wildman–Crippen LogP) is 1.52. The molecule has 6 nitrogen and oxygen atoms in total. The molecule has 0 bridgehead atoms. The molecule has 2 heterocycles. The zero-order valence-corrected chi connectivity index (χ0v) is 12.9. The minimum atomic E-state index is -0.869. The van der Waals surface area contributed by atoms with Gasteiger partial charge >= 0.3 is 5.97 Å². The molecule has 110 valence electrons. The second-order valence-electron chi connectivity index (χ2n) is 4.62. The molecule has 20 heavy (non-hydrogen) atoms. The van der Waals surface area contributed by atoms with Crippen molar-refractivity contribution in [2.75, 3.05) is 18.1 Å². The summed E-state index contributed by atoms with van der Waals surface area (Å²) in [6, 6.07) is -0.240. The number of aryl methyl sites for hydroxylation is 1. The zero-order chi connectivity index (χ0) is 14.5. The van der Waals surface area contributed by atoms with Gasteiger partial charge in [-0.25, -0.2) is 0 Å². The van der Waals surface area contributed by atoms with Gasteiger partial charge in [0, 0.05) is 18.1 Å². The molecule has 1 aromatic rings. The molecule has 1 aliphatic heterocycles. The monoisotopic (exact) mass is 315 g/mol. The van der Waals surface area contributed by atoms with Crippen LogP contribution >= 0.6 is 23.3 Å². The summed E-state index contributed by atoms with van der Waals surface area (Å²) in [5.41, 5.74) is 0.731. The average molecular weight is 315 g/mol. The quantitative estimate of drug-likeness (QED) is 0.887. The van der Waals surface area contributed by atoms with Crippen molar-refractivity contribution in [3.8, 4) is 0 Å². The highest BCUT2D eigenvalue weighted by Gasteiger charge is 2.31. The lowest BCUT2D eigenvalue weighted by molar-refractivity contribution is -0.138. The smallest absolute Gasteiger partial charge is 0.305 e. The van der Waals surface area contributed by atoms with Crippen molar-refractivity contribution in [2.24, 2.45) is 0 Å². The number of amides is 1. The fourth-order valence-corrected chi connectivity index (χ4v) is 3.92. The van der Waals surface area contributed by atoms with Crippen LogP contribution < -0.4 is 0 Å². The van der Waals surface area contributed by atoms with Gasteiger partial charge < -0.3 is 10.0 Å². The van der Waals surface area contributed by atoms with Crippen molar-refractivity contribution >= 4 is 35.2 Å². The number of nitrogens with zero attached hydrogens (tertiary/aromatic N) is 3. The Morgan fingerprint density at radius 1 is 1.50 bits per heavy atom. The number of carboxylic acid groups (broad SMARTS) is 1. The van der Waals surface area contributed by atoms with Crippen LogP contribution in [0.2, 0.25) is 0 Å². The summed E-state index contributed by atoms with van der Waals surface area (Å²) in [6.45, 7) is 2.61. The maximum absolute atomic E-state index is 12.6. The molecule has 1 aliphatic rings. The van der Waals surface area contributed by atoms with E-state index < -0.39 is 5.97 Å². The fourth-order valence-electron chi connectivity index (χ4n) is 2.19. The van der Waals surface area contributed by atoms with Crippen LogP contribution in [0.4, 0.5) is 0 Å². The molecule has 0 saturated carbocycles. The summed E-state index contributed by atoms with van der Waals surface area (Å²) in [5, 5.41) is 13.0. The van der Waals surface area contributed by atoms with Crippen molar-refractivity contribution in [1.29, 1.82) is 0 Å². The average Bonchev–Trinajstić information content (AvgIpc) is 2.86. The Kier molecular flexibility index (Phi) is 5.36. The summed E-state index contributed by atoms with van der Waals surface area (Å²) in [4.78, 5) is 25.8. The Labute approximate surface area is 125 Å². The highest BCUT2D eigenvalue weighted by molar-refractivity contribution is 7.99. The van der Waals surface area contributed by atoms with Gasteiger partial charge in [0.25, 0.3) is 5.91 Å².